The summed E-state index contributed by atoms with van der Waals surface area (Å²) in [5.74, 6) is 0.295. The number of aromatic nitrogens is 1. The number of carbonyl (C=O) groups is 1. The molecule has 0 bridgehead atoms. The number of methoxy groups -OCH3 is 1. The lowest BCUT2D eigenvalue weighted by molar-refractivity contribution is -0.143. The van der Waals surface area contributed by atoms with Crippen LogP contribution in [-0.4, -0.2) is 42.9 Å². The van der Waals surface area contributed by atoms with Crippen molar-refractivity contribution in [2.45, 2.75) is 44.4 Å². The maximum absolute atomic E-state index is 13.8. The predicted octanol–water partition coefficient (Wildman–Crippen LogP) is 2.72. The molecule has 6 nitrogen and oxygen atoms in total. The maximum Gasteiger partial charge on any atom is 0.220 e. The Hall–Kier alpha value is -2.25. The van der Waals surface area contributed by atoms with Gasteiger partial charge in [0, 0.05) is 26.6 Å². The molecular formula is C19H23FN2O4. The molecule has 1 aromatic heterocycles. The standard InChI is InChI=1S/C19H23FN2O4/c1-3-25-15-10-14(19(15)24-2)22-17(23)8-9-18-21-11-16(26-18)12-6-4-5-7-13(12)20/h4-7,11,14-15,19H,3,8-10H2,1-2H3,(H,22,23). The summed E-state index contributed by atoms with van der Waals surface area (Å²) < 4.78 is 30.3. The third kappa shape index (κ3) is 4.11. The summed E-state index contributed by atoms with van der Waals surface area (Å²) in [6.07, 6.45) is 2.72. The van der Waals surface area contributed by atoms with Crippen molar-refractivity contribution in [2.75, 3.05) is 13.7 Å². The Balaban J connectivity index is 1.49. The number of rotatable bonds is 8. The van der Waals surface area contributed by atoms with Gasteiger partial charge in [0.2, 0.25) is 5.91 Å². The fraction of sp³-hybridized carbons (Fsp3) is 0.474. The summed E-state index contributed by atoms with van der Waals surface area (Å²) in [5, 5.41) is 2.95. The van der Waals surface area contributed by atoms with E-state index in [0.717, 1.165) is 6.42 Å². The van der Waals surface area contributed by atoms with Crippen LogP contribution in [0.1, 0.15) is 25.7 Å². The first-order valence-electron chi connectivity index (χ1n) is 8.75. The normalized spacial score (nSPS) is 22.0. The van der Waals surface area contributed by atoms with E-state index >= 15 is 0 Å². The van der Waals surface area contributed by atoms with Gasteiger partial charge in [0.1, 0.15) is 11.9 Å². The Kier molecular flexibility index (Phi) is 6.00. The minimum absolute atomic E-state index is 0.0327. The summed E-state index contributed by atoms with van der Waals surface area (Å²) in [6, 6.07) is 6.30. The largest absolute Gasteiger partial charge is 0.441 e. The van der Waals surface area contributed by atoms with Gasteiger partial charge in [-0.3, -0.25) is 4.79 Å². The SMILES string of the molecule is CCOC1CC(NC(=O)CCc2ncc(-c3ccccc3F)o2)C1OC. The number of nitrogens with zero attached hydrogens (tertiary/aromatic N) is 1. The zero-order valence-electron chi connectivity index (χ0n) is 14.9. The molecule has 0 radical (unpaired) electrons. The van der Waals surface area contributed by atoms with Gasteiger partial charge < -0.3 is 19.2 Å². The van der Waals surface area contributed by atoms with Crippen LogP contribution in [0, 0.1) is 5.82 Å². The summed E-state index contributed by atoms with van der Waals surface area (Å²) in [4.78, 5) is 16.3. The van der Waals surface area contributed by atoms with Crippen molar-refractivity contribution in [3.63, 3.8) is 0 Å². The number of hydrogen-bond donors (Lipinski definition) is 1. The highest BCUT2D eigenvalue weighted by Crippen LogP contribution is 2.27. The average Bonchev–Trinajstić information content (AvgIpc) is 3.08. The Morgan fingerprint density at radius 3 is 2.96 bits per heavy atom. The van der Waals surface area contributed by atoms with Gasteiger partial charge in [-0.1, -0.05) is 12.1 Å². The molecule has 26 heavy (non-hydrogen) atoms. The zero-order valence-corrected chi connectivity index (χ0v) is 14.9. The second kappa shape index (κ2) is 8.42. The van der Waals surface area contributed by atoms with Crippen LogP contribution in [-0.2, 0) is 20.7 Å². The number of halogens is 1. The topological polar surface area (TPSA) is 73.6 Å². The van der Waals surface area contributed by atoms with Crippen LogP contribution in [0.25, 0.3) is 11.3 Å². The molecule has 2 aromatic rings. The molecule has 1 fully saturated rings. The smallest absolute Gasteiger partial charge is 0.220 e. The zero-order chi connectivity index (χ0) is 18.5. The van der Waals surface area contributed by atoms with Gasteiger partial charge in [-0.25, -0.2) is 9.37 Å². The van der Waals surface area contributed by atoms with E-state index in [4.69, 9.17) is 13.9 Å². The van der Waals surface area contributed by atoms with Crippen molar-refractivity contribution in [1.29, 1.82) is 0 Å². The van der Waals surface area contributed by atoms with Gasteiger partial charge in [0.05, 0.1) is 23.9 Å². The minimum Gasteiger partial charge on any atom is -0.441 e. The molecule has 1 heterocycles. The van der Waals surface area contributed by atoms with Crippen molar-refractivity contribution in [2.24, 2.45) is 0 Å². The van der Waals surface area contributed by atoms with E-state index in [0.29, 0.717) is 30.2 Å². The number of carbonyl (C=O) groups excluding carboxylic acids is 1. The fourth-order valence-electron chi connectivity index (χ4n) is 3.13. The number of aryl methyl sites for hydroxylation is 1. The van der Waals surface area contributed by atoms with Gasteiger partial charge in [-0.2, -0.15) is 0 Å². The van der Waals surface area contributed by atoms with Crippen LogP contribution < -0.4 is 5.32 Å². The molecule has 1 amide bonds. The van der Waals surface area contributed by atoms with E-state index in [1.165, 1.54) is 12.3 Å². The van der Waals surface area contributed by atoms with Crippen LogP contribution in [0.4, 0.5) is 4.39 Å². The molecule has 1 saturated carbocycles. The molecule has 140 valence electrons. The molecule has 1 aliphatic rings. The van der Waals surface area contributed by atoms with E-state index in [2.05, 4.69) is 10.3 Å². The summed E-state index contributed by atoms with van der Waals surface area (Å²) in [7, 11) is 1.62. The second-order valence-electron chi connectivity index (χ2n) is 6.20. The van der Waals surface area contributed by atoms with Gasteiger partial charge >= 0.3 is 0 Å². The highest BCUT2D eigenvalue weighted by molar-refractivity contribution is 5.76. The van der Waals surface area contributed by atoms with Crippen LogP contribution in [0.15, 0.2) is 34.9 Å². The third-order valence-electron chi connectivity index (χ3n) is 4.51. The summed E-state index contributed by atoms with van der Waals surface area (Å²) in [5.41, 5.74) is 0.357. The lowest BCUT2D eigenvalue weighted by Gasteiger charge is -2.43. The van der Waals surface area contributed by atoms with Crippen molar-refractivity contribution >= 4 is 5.91 Å². The van der Waals surface area contributed by atoms with E-state index in [-0.39, 0.29) is 36.4 Å². The van der Waals surface area contributed by atoms with Crippen LogP contribution in [0.3, 0.4) is 0 Å². The Bertz CT molecular complexity index is 749. The number of hydrogen-bond acceptors (Lipinski definition) is 5. The first-order chi connectivity index (χ1) is 12.6. The number of ether oxygens (including phenoxy) is 2. The summed E-state index contributed by atoms with van der Waals surface area (Å²) in [6.45, 7) is 2.56. The summed E-state index contributed by atoms with van der Waals surface area (Å²) >= 11 is 0. The molecule has 1 aromatic carbocycles. The van der Waals surface area contributed by atoms with E-state index in [1.54, 1.807) is 25.3 Å². The van der Waals surface area contributed by atoms with Crippen LogP contribution in [0.5, 0.6) is 0 Å². The monoisotopic (exact) mass is 362 g/mol. The van der Waals surface area contributed by atoms with Gasteiger partial charge in [0.25, 0.3) is 0 Å². The Morgan fingerprint density at radius 1 is 1.42 bits per heavy atom. The highest BCUT2D eigenvalue weighted by Gasteiger charge is 2.42. The lowest BCUT2D eigenvalue weighted by atomic mass is 9.85. The predicted molar refractivity (Wildman–Crippen MR) is 93.0 cm³/mol. The molecule has 1 aliphatic carbocycles. The minimum atomic E-state index is -0.368. The number of oxazole rings is 1. The number of amides is 1. The van der Waals surface area contributed by atoms with Crippen LogP contribution in [0.2, 0.25) is 0 Å². The first-order valence-corrected chi connectivity index (χ1v) is 8.75. The molecule has 3 atom stereocenters. The Labute approximate surface area is 151 Å². The molecule has 3 unspecified atom stereocenters. The van der Waals surface area contributed by atoms with Crippen molar-refractivity contribution in [3.05, 3.63) is 42.2 Å². The maximum atomic E-state index is 13.8. The van der Waals surface area contributed by atoms with E-state index in [1.807, 2.05) is 6.92 Å². The average molecular weight is 362 g/mol. The molecule has 1 N–H and O–H groups in total. The van der Waals surface area contributed by atoms with Crippen molar-refractivity contribution in [3.8, 4) is 11.3 Å². The third-order valence-corrected chi connectivity index (χ3v) is 4.51. The molecule has 0 spiro atoms. The van der Waals surface area contributed by atoms with E-state index in [9.17, 15) is 9.18 Å². The van der Waals surface area contributed by atoms with Crippen molar-refractivity contribution < 1.29 is 23.1 Å². The van der Waals surface area contributed by atoms with Gasteiger partial charge in [-0.05, 0) is 25.5 Å². The Morgan fingerprint density at radius 2 is 2.23 bits per heavy atom. The molecule has 7 heteroatoms. The first kappa shape index (κ1) is 18.5. The number of nitrogens with one attached hydrogen (secondary N) is 1. The molecule has 0 saturated heterocycles. The number of benzene rings is 1. The quantitative estimate of drug-likeness (QED) is 0.782. The fourth-order valence-corrected chi connectivity index (χ4v) is 3.13. The van der Waals surface area contributed by atoms with Gasteiger partial charge in [0.15, 0.2) is 11.7 Å². The second-order valence-corrected chi connectivity index (χ2v) is 6.20. The van der Waals surface area contributed by atoms with Crippen LogP contribution >= 0.6 is 0 Å². The van der Waals surface area contributed by atoms with Gasteiger partial charge in [-0.15, -0.1) is 0 Å². The molecule has 3 rings (SSSR count). The highest BCUT2D eigenvalue weighted by atomic mass is 19.1. The lowest BCUT2D eigenvalue weighted by Crippen LogP contribution is -2.61. The molecule has 0 aliphatic heterocycles. The van der Waals surface area contributed by atoms with E-state index < -0.39 is 0 Å². The molecular weight excluding hydrogens is 339 g/mol. The van der Waals surface area contributed by atoms with Crippen molar-refractivity contribution in [1.82, 2.24) is 10.3 Å².